The number of ether oxygens (including phenoxy) is 3. The third kappa shape index (κ3) is 6.17. The zero-order valence-electron chi connectivity index (χ0n) is 15.5. The Labute approximate surface area is 164 Å². The minimum Gasteiger partial charge on any atom is -0.466 e. The molecule has 2 unspecified atom stereocenters. The lowest BCUT2D eigenvalue weighted by molar-refractivity contribution is -0.164. The van der Waals surface area contributed by atoms with E-state index in [1.165, 1.54) is 18.2 Å². The van der Waals surface area contributed by atoms with Gasteiger partial charge < -0.3 is 14.2 Å². The van der Waals surface area contributed by atoms with E-state index in [-0.39, 0.29) is 43.3 Å². The number of carbonyl (C=O) groups is 1. The Morgan fingerprint density at radius 3 is 2.89 bits per heavy atom. The first kappa shape index (κ1) is 21.6. The second-order valence-electron chi connectivity index (χ2n) is 6.54. The highest BCUT2D eigenvalue weighted by atomic mass is 35.5. The van der Waals surface area contributed by atoms with E-state index in [1.54, 1.807) is 6.92 Å². The van der Waals surface area contributed by atoms with Crippen molar-refractivity contribution in [3.05, 3.63) is 34.6 Å². The van der Waals surface area contributed by atoms with Gasteiger partial charge in [-0.1, -0.05) is 17.7 Å². The molecule has 1 heterocycles. The van der Waals surface area contributed by atoms with Gasteiger partial charge in [-0.2, -0.15) is 5.26 Å². The van der Waals surface area contributed by atoms with Crippen LogP contribution in [0.2, 0.25) is 5.02 Å². The average Bonchev–Trinajstić information content (AvgIpc) is 2.68. The van der Waals surface area contributed by atoms with Crippen LogP contribution in [0.3, 0.4) is 0 Å². The minimum atomic E-state index is -1.03. The summed E-state index contributed by atoms with van der Waals surface area (Å²) in [6.07, 6.45) is 3.28. The summed E-state index contributed by atoms with van der Waals surface area (Å²) in [6, 6.07) is 6.52. The maximum Gasteiger partial charge on any atom is 0.305 e. The van der Waals surface area contributed by atoms with Crippen LogP contribution < -0.4 is 0 Å². The number of hydrogen-bond acceptors (Lipinski definition) is 5. The third-order valence-electron chi connectivity index (χ3n) is 4.72. The van der Waals surface area contributed by atoms with E-state index in [2.05, 4.69) is 6.07 Å². The Bertz CT molecular complexity index is 672. The van der Waals surface area contributed by atoms with Gasteiger partial charge in [0, 0.05) is 13.0 Å². The van der Waals surface area contributed by atoms with Crippen molar-refractivity contribution in [2.75, 3.05) is 19.8 Å². The molecule has 1 saturated heterocycles. The van der Waals surface area contributed by atoms with Crippen molar-refractivity contribution in [3.63, 3.8) is 0 Å². The molecular formula is C20H25ClFNO4. The van der Waals surface area contributed by atoms with E-state index in [0.717, 1.165) is 19.3 Å². The Morgan fingerprint density at radius 2 is 2.26 bits per heavy atom. The Morgan fingerprint density at radius 1 is 1.44 bits per heavy atom. The topological polar surface area (TPSA) is 68.6 Å². The van der Waals surface area contributed by atoms with E-state index >= 15 is 0 Å². The van der Waals surface area contributed by atoms with E-state index in [9.17, 15) is 14.4 Å². The molecule has 0 saturated carbocycles. The fraction of sp³-hybridized carbons (Fsp3) is 0.600. The number of nitrogens with zero attached hydrogens (tertiary/aromatic N) is 1. The second kappa shape index (κ2) is 10.6. The van der Waals surface area contributed by atoms with Crippen LogP contribution in [0.4, 0.5) is 4.39 Å². The summed E-state index contributed by atoms with van der Waals surface area (Å²) in [7, 11) is 0. The third-order valence-corrected chi connectivity index (χ3v) is 5.01. The lowest BCUT2D eigenvalue weighted by Gasteiger charge is -2.29. The van der Waals surface area contributed by atoms with Gasteiger partial charge in [0.1, 0.15) is 5.82 Å². The van der Waals surface area contributed by atoms with Crippen molar-refractivity contribution in [3.8, 4) is 6.07 Å². The number of hydrogen-bond donors (Lipinski definition) is 0. The van der Waals surface area contributed by atoms with Crippen LogP contribution in [0, 0.1) is 17.1 Å². The van der Waals surface area contributed by atoms with Gasteiger partial charge in [-0.3, -0.25) is 4.79 Å². The van der Waals surface area contributed by atoms with Gasteiger partial charge in [0.15, 0.2) is 6.29 Å². The summed E-state index contributed by atoms with van der Waals surface area (Å²) >= 11 is 5.92. The molecule has 1 fully saturated rings. The van der Waals surface area contributed by atoms with Crippen LogP contribution in [0.5, 0.6) is 0 Å². The van der Waals surface area contributed by atoms with Gasteiger partial charge in [-0.05, 0) is 56.7 Å². The molecule has 1 aliphatic rings. The molecule has 0 N–H and O–H groups in total. The van der Waals surface area contributed by atoms with Crippen LogP contribution in [0.15, 0.2) is 18.2 Å². The molecule has 2 rings (SSSR count). The lowest BCUT2D eigenvalue weighted by atomic mass is 9.75. The SMILES string of the molecule is CCOC(=O)CCC(C#N)(CCOC1CCCCO1)c1ccc(F)c(Cl)c1. The zero-order chi connectivity index (χ0) is 19.7. The summed E-state index contributed by atoms with van der Waals surface area (Å²) in [6.45, 7) is 2.97. The molecule has 148 valence electrons. The molecule has 0 spiro atoms. The quantitative estimate of drug-likeness (QED) is 0.573. The molecule has 1 aliphatic heterocycles. The molecule has 0 amide bonds. The first-order valence-corrected chi connectivity index (χ1v) is 9.64. The Hall–Kier alpha value is -1.68. The average molecular weight is 398 g/mol. The lowest BCUT2D eigenvalue weighted by Crippen LogP contribution is -2.30. The first-order chi connectivity index (χ1) is 13.0. The largest absolute Gasteiger partial charge is 0.466 e. The van der Waals surface area contributed by atoms with Gasteiger partial charge >= 0.3 is 5.97 Å². The van der Waals surface area contributed by atoms with Crippen LogP contribution in [-0.2, 0) is 24.4 Å². The number of esters is 1. The summed E-state index contributed by atoms with van der Waals surface area (Å²) in [4.78, 5) is 11.8. The highest BCUT2D eigenvalue weighted by Crippen LogP contribution is 2.35. The summed E-state index contributed by atoms with van der Waals surface area (Å²) in [5.74, 6) is -0.925. The molecule has 0 aliphatic carbocycles. The number of halogens is 2. The van der Waals surface area contributed by atoms with Crippen molar-refractivity contribution in [1.82, 2.24) is 0 Å². The molecule has 2 atom stereocenters. The fourth-order valence-corrected chi connectivity index (χ4v) is 3.32. The van der Waals surface area contributed by atoms with Gasteiger partial charge in [0.25, 0.3) is 0 Å². The highest BCUT2D eigenvalue weighted by molar-refractivity contribution is 6.30. The molecule has 0 aromatic heterocycles. The van der Waals surface area contributed by atoms with Crippen LogP contribution >= 0.6 is 11.6 Å². The van der Waals surface area contributed by atoms with Gasteiger partial charge in [0.2, 0.25) is 0 Å². The molecule has 1 aromatic carbocycles. The molecule has 27 heavy (non-hydrogen) atoms. The van der Waals surface area contributed by atoms with Crippen molar-refractivity contribution in [2.24, 2.45) is 0 Å². The highest BCUT2D eigenvalue weighted by Gasteiger charge is 2.34. The number of benzene rings is 1. The van der Waals surface area contributed by atoms with Crippen molar-refractivity contribution >= 4 is 17.6 Å². The monoisotopic (exact) mass is 397 g/mol. The summed E-state index contributed by atoms with van der Waals surface area (Å²) < 4.78 is 29.9. The van der Waals surface area contributed by atoms with E-state index in [4.69, 9.17) is 25.8 Å². The predicted molar refractivity (Wildman–Crippen MR) is 98.7 cm³/mol. The van der Waals surface area contributed by atoms with Gasteiger partial charge in [0.05, 0.1) is 29.7 Å². The molecule has 5 nitrogen and oxygen atoms in total. The molecule has 7 heteroatoms. The Balaban J connectivity index is 2.13. The van der Waals surface area contributed by atoms with Crippen molar-refractivity contribution in [1.29, 1.82) is 5.26 Å². The maximum absolute atomic E-state index is 13.6. The van der Waals surface area contributed by atoms with E-state index < -0.39 is 11.2 Å². The molecule has 0 radical (unpaired) electrons. The smallest absolute Gasteiger partial charge is 0.305 e. The second-order valence-corrected chi connectivity index (χ2v) is 6.95. The predicted octanol–water partition coefficient (Wildman–Crippen LogP) is 4.52. The van der Waals surface area contributed by atoms with Gasteiger partial charge in [-0.25, -0.2) is 4.39 Å². The number of nitriles is 1. The van der Waals surface area contributed by atoms with E-state index in [0.29, 0.717) is 18.6 Å². The molecule has 0 bridgehead atoms. The molecular weight excluding hydrogens is 373 g/mol. The summed E-state index contributed by atoms with van der Waals surface area (Å²) in [5, 5.41) is 9.89. The van der Waals surface area contributed by atoms with Crippen LogP contribution in [0.1, 0.15) is 51.0 Å². The van der Waals surface area contributed by atoms with E-state index in [1.807, 2.05) is 0 Å². The fourth-order valence-electron chi connectivity index (χ4n) is 3.14. The zero-order valence-corrected chi connectivity index (χ0v) is 16.3. The van der Waals surface area contributed by atoms with Crippen molar-refractivity contribution in [2.45, 2.75) is 57.2 Å². The minimum absolute atomic E-state index is 0.0557. The van der Waals surface area contributed by atoms with Crippen molar-refractivity contribution < 1.29 is 23.4 Å². The normalized spacial score (nSPS) is 19.1. The summed E-state index contributed by atoms with van der Waals surface area (Å²) in [5.41, 5.74) is -0.465. The maximum atomic E-state index is 13.6. The first-order valence-electron chi connectivity index (χ1n) is 9.26. The number of carbonyl (C=O) groups excluding carboxylic acids is 1. The van der Waals surface area contributed by atoms with Crippen LogP contribution in [0.25, 0.3) is 0 Å². The number of rotatable bonds is 9. The van der Waals surface area contributed by atoms with Gasteiger partial charge in [-0.15, -0.1) is 0 Å². The van der Waals surface area contributed by atoms with Crippen LogP contribution in [-0.4, -0.2) is 32.1 Å². The Kier molecular flexibility index (Phi) is 8.49. The molecule has 1 aromatic rings. The standard InChI is InChI=1S/C20H25ClFNO4/c1-2-25-18(24)8-9-20(14-23,15-6-7-17(22)16(21)13-15)10-12-27-19-5-3-4-11-26-19/h6-7,13,19H,2-5,8-12H2,1H3.